The van der Waals surface area contributed by atoms with Crippen molar-refractivity contribution in [3.63, 3.8) is 0 Å². The van der Waals surface area contributed by atoms with Crippen LogP contribution in [-0.4, -0.2) is 29.5 Å². The van der Waals surface area contributed by atoms with Gasteiger partial charge in [-0.25, -0.2) is 4.90 Å². The van der Waals surface area contributed by atoms with Crippen molar-refractivity contribution in [2.75, 3.05) is 10.2 Å². The number of nitrogens with zero attached hydrogens (tertiary/aromatic N) is 1. The first kappa shape index (κ1) is 19.6. The smallest absolute Gasteiger partial charge is 0.250 e. The van der Waals surface area contributed by atoms with Gasteiger partial charge in [0.25, 0.3) is 0 Å². The number of nitrogens with one attached hydrogen (secondary N) is 2. The number of anilines is 2. The first-order valence-electron chi connectivity index (χ1n) is 10.4. The van der Waals surface area contributed by atoms with Gasteiger partial charge in [-0.2, -0.15) is 0 Å². The maximum atomic E-state index is 13.7. The number of benzene rings is 2. The molecule has 3 aliphatic rings. The van der Waals surface area contributed by atoms with Crippen molar-refractivity contribution in [1.82, 2.24) is 5.32 Å². The van der Waals surface area contributed by atoms with Crippen LogP contribution in [0.25, 0.3) is 0 Å². The fourth-order valence-corrected chi connectivity index (χ4v) is 5.36. The molecule has 2 fully saturated rings. The zero-order chi connectivity index (χ0) is 22.1. The van der Waals surface area contributed by atoms with Gasteiger partial charge < -0.3 is 5.32 Å². The molecule has 2 aromatic carbocycles. The number of ketones is 1. The summed E-state index contributed by atoms with van der Waals surface area (Å²) in [6.45, 7) is 5.42. The molecule has 31 heavy (non-hydrogen) atoms. The number of hydrogen-bond acceptors (Lipinski definition) is 5. The monoisotopic (exact) mass is 417 g/mol. The highest BCUT2D eigenvalue weighted by Gasteiger charge is 2.70. The molecule has 7 heteroatoms. The lowest BCUT2D eigenvalue weighted by molar-refractivity contribution is -0.130. The quantitative estimate of drug-likeness (QED) is 0.591. The first-order chi connectivity index (χ1) is 14.8. The maximum Gasteiger partial charge on any atom is 0.250 e. The molecule has 2 N–H and O–H groups in total. The molecule has 4 atom stereocenters. The second-order valence-electron chi connectivity index (χ2n) is 8.84. The van der Waals surface area contributed by atoms with Crippen LogP contribution in [0.15, 0.2) is 48.5 Å². The van der Waals surface area contributed by atoms with Crippen LogP contribution in [0.4, 0.5) is 11.4 Å². The van der Waals surface area contributed by atoms with Crippen LogP contribution >= 0.6 is 0 Å². The van der Waals surface area contributed by atoms with E-state index in [1.165, 1.54) is 11.8 Å². The molecule has 0 aromatic heterocycles. The van der Waals surface area contributed by atoms with Crippen LogP contribution in [0.2, 0.25) is 0 Å². The SMILES string of the molecule is CC(=O)c1ccc(N2C(=O)[C@H]3[C@@H](C2=O)[C@]2(N[C@H]3C(C)C)C(=O)Nc3ccccc32)cc1. The van der Waals surface area contributed by atoms with E-state index in [1.54, 1.807) is 30.3 Å². The summed E-state index contributed by atoms with van der Waals surface area (Å²) in [7, 11) is 0. The van der Waals surface area contributed by atoms with Gasteiger partial charge in [0.05, 0.1) is 17.5 Å². The van der Waals surface area contributed by atoms with E-state index in [1.807, 2.05) is 32.0 Å². The molecule has 0 saturated carbocycles. The molecule has 2 saturated heterocycles. The summed E-state index contributed by atoms with van der Waals surface area (Å²) in [5.41, 5.74) is 1.00. The van der Waals surface area contributed by atoms with Gasteiger partial charge >= 0.3 is 0 Å². The third-order valence-corrected chi connectivity index (χ3v) is 6.81. The molecular formula is C24H23N3O4. The zero-order valence-electron chi connectivity index (χ0n) is 17.5. The number of hydrogen-bond donors (Lipinski definition) is 2. The minimum atomic E-state index is -1.28. The van der Waals surface area contributed by atoms with E-state index in [0.29, 0.717) is 22.5 Å². The number of carbonyl (C=O) groups is 4. The van der Waals surface area contributed by atoms with Crippen LogP contribution in [-0.2, 0) is 19.9 Å². The minimum absolute atomic E-state index is 0.0317. The van der Waals surface area contributed by atoms with E-state index >= 15 is 0 Å². The Morgan fingerprint density at radius 2 is 1.68 bits per heavy atom. The van der Waals surface area contributed by atoms with E-state index in [0.717, 1.165) is 0 Å². The van der Waals surface area contributed by atoms with E-state index in [-0.39, 0.29) is 29.6 Å². The Hall–Kier alpha value is -3.32. The van der Waals surface area contributed by atoms with E-state index < -0.39 is 23.3 Å². The van der Waals surface area contributed by atoms with E-state index in [9.17, 15) is 19.2 Å². The van der Waals surface area contributed by atoms with Gasteiger partial charge in [-0.05, 0) is 43.2 Å². The molecule has 2 aromatic rings. The number of para-hydroxylation sites is 1. The third kappa shape index (κ3) is 2.50. The molecule has 158 valence electrons. The standard InChI is InChI=1S/C24H23N3O4/c1-12(2)20-18-19(24(26-20)16-6-4-5-7-17(16)25-23(24)31)22(30)27(21(18)29)15-10-8-14(9-11-15)13(3)28/h4-12,18-20,26H,1-3H3,(H,25,31)/t18-,19-,20-,24-/m0/s1. The predicted molar refractivity (Wildman–Crippen MR) is 114 cm³/mol. The summed E-state index contributed by atoms with van der Waals surface area (Å²) in [5, 5.41) is 6.30. The van der Waals surface area contributed by atoms with Crippen molar-refractivity contribution in [1.29, 1.82) is 0 Å². The molecule has 0 unspecified atom stereocenters. The van der Waals surface area contributed by atoms with Crippen LogP contribution < -0.4 is 15.5 Å². The average molecular weight is 417 g/mol. The van der Waals surface area contributed by atoms with Crippen molar-refractivity contribution >= 4 is 34.9 Å². The Kier molecular flexibility index (Phi) is 4.17. The molecule has 0 aliphatic carbocycles. The van der Waals surface area contributed by atoms with Gasteiger partial charge in [0.1, 0.15) is 5.54 Å². The maximum absolute atomic E-state index is 13.7. The number of Topliss-reactive ketones (excluding diaryl/α,β-unsaturated/α-hetero) is 1. The van der Waals surface area contributed by atoms with E-state index in [4.69, 9.17) is 0 Å². The van der Waals surface area contributed by atoms with Crippen LogP contribution in [0.1, 0.15) is 36.7 Å². The normalized spacial score (nSPS) is 29.0. The molecule has 0 radical (unpaired) electrons. The second-order valence-corrected chi connectivity index (χ2v) is 8.84. The molecule has 3 amide bonds. The number of fused-ring (bicyclic) bond motifs is 4. The highest BCUT2D eigenvalue weighted by molar-refractivity contribution is 6.25. The summed E-state index contributed by atoms with van der Waals surface area (Å²) in [5.74, 6) is -2.57. The van der Waals surface area contributed by atoms with Gasteiger partial charge in [-0.15, -0.1) is 0 Å². The molecule has 3 aliphatic heterocycles. The number of carbonyl (C=O) groups excluding carboxylic acids is 4. The Bertz CT molecular complexity index is 1140. The Balaban J connectivity index is 1.64. The predicted octanol–water partition coefficient (Wildman–Crippen LogP) is 2.47. The molecule has 0 bridgehead atoms. The lowest BCUT2D eigenvalue weighted by Crippen LogP contribution is -2.54. The molecule has 1 spiro atoms. The van der Waals surface area contributed by atoms with Gasteiger partial charge in [-0.3, -0.25) is 24.5 Å². The Morgan fingerprint density at radius 3 is 2.32 bits per heavy atom. The second kappa shape index (κ2) is 6.59. The highest BCUT2D eigenvalue weighted by atomic mass is 16.2. The third-order valence-electron chi connectivity index (χ3n) is 6.81. The summed E-state index contributed by atoms with van der Waals surface area (Å²) < 4.78 is 0. The molecule has 7 nitrogen and oxygen atoms in total. The van der Waals surface area contributed by atoms with E-state index in [2.05, 4.69) is 10.6 Å². The summed E-state index contributed by atoms with van der Waals surface area (Å²) in [4.78, 5) is 53.4. The largest absolute Gasteiger partial charge is 0.324 e. The lowest BCUT2D eigenvalue weighted by atomic mass is 9.76. The van der Waals surface area contributed by atoms with Crippen LogP contribution in [0.3, 0.4) is 0 Å². The Labute approximate surface area is 179 Å². The number of rotatable bonds is 3. The van der Waals surface area contributed by atoms with Gasteiger partial charge in [0.15, 0.2) is 5.78 Å². The highest BCUT2D eigenvalue weighted by Crippen LogP contribution is 2.54. The lowest BCUT2D eigenvalue weighted by Gasteiger charge is -2.30. The van der Waals surface area contributed by atoms with Crippen molar-refractivity contribution in [2.24, 2.45) is 17.8 Å². The summed E-state index contributed by atoms with van der Waals surface area (Å²) >= 11 is 0. The van der Waals surface area contributed by atoms with Crippen molar-refractivity contribution in [3.8, 4) is 0 Å². The minimum Gasteiger partial charge on any atom is -0.324 e. The van der Waals surface area contributed by atoms with Crippen molar-refractivity contribution in [3.05, 3.63) is 59.7 Å². The molecule has 5 rings (SSSR count). The fraction of sp³-hybridized carbons (Fsp3) is 0.333. The summed E-state index contributed by atoms with van der Waals surface area (Å²) in [6.07, 6.45) is 0. The fourth-order valence-electron chi connectivity index (χ4n) is 5.36. The topological polar surface area (TPSA) is 95.6 Å². The number of imide groups is 1. The van der Waals surface area contributed by atoms with Crippen molar-refractivity contribution in [2.45, 2.75) is 32.4 Å². The molecule has 3 heterocycles. The van der Waals surface area contributed by atoms with Gasteiger partial charge in [-0.1, -0.05) is 32.0 Å². The number of amides is 3. The van der Waals surface area contributed by atoms with Crippen LogP contribution in [0, 0.1) is 17.8 Å². The first-order valence-corrected chi connectivity index (χ1v) is 10.4. The van der Waals surface area contributed by atoms with Crippen LogP contribution in [0.5, 0.6) is 0 Å². The summed E-state index contributed by atoms with van der Waals surface area (Å²) in [6, 6.07) is 13.4. The Morgan fingerprint density at radius 1 is 1.00 bits per heavy atom. The zero-order valence-corrected chi connectivity index (χ0v) is 17.5. The average Bonchev–Trinajstić information content (AvgIpc) is 3.33. The van der Waals surface area contributed by atoms with Gasteiger partial charge in [0, 0.05) is 22.9 Å². The van der Waals surface area contributed by atoms with Crippen molar-refractivity contribution < 1.29 is 19.2 Å². The molecular weight excluding hydrogens is 394 g/mol. The van der Waals surface area contributed by atoms with Gasteiger partial charge in [0.2, 0.25) is 17.7 Å².